The molecule has 0 aliphatic heterocycles. The van der Waals surface area contributed by atoms with E-state index in [9.17, 15) is 4.79 Å². The van der Waals surface area contributed by atoms with Crippen molar-refractivity contribution in [2.24, 2.45) is 5.92 Å². The molecule has 6 nitrogen and oxygen atoms in total. The first-order valence-electron chi connectivity index (χ1n) is 7.60. The summed E-state index contributed by atoms with van der Waals surface area (Å²) in [6.45, 7) is 2.99. The standard InChI is InChI=1S/C16H19N3O3S/c1-11-3-2-4-13(7-11)21-9-15-18-19-16(22-15)23-10-14(20)17-8-12-5-6-12/h2-4,7,12H,5-6,8-10H2,1H3,(H,17,20). The first-order valence-corrected chi connectivity index (χ1v) is 8.59. The Bertz CT molecular complexity index is 670. The largest absolute Gasteiger partial charge is 0.484 e. The monoisotopic (exact) mass is 333 g/mol. The molecule has 1 aliphatic carbocycles. The van der Waals surface area contributed by atoms with E-state index in [4.69, 9.17) is 9.15 Å². The molecule has 1 aliphatic rings. The van der Waals surface area contributed by atoms with Crippen molar-refractivity contribution in [2.75, 3.05) is 12.3 Å². The minimum atomic E-state index is -0.00217. The molecule has 1 amide bonds. The minimum Gasteiger partial charge on any atom is -0.484 e. The van der Waals surface area contributed by atoms with Gasteiger partial charge in [-0.2, -0.15) is 0 Å². The molecule has 1 heterocycles. The SMILES string of the molecule is Cc1cccc(OCc2nnc(SCC(=O)NCC3CC3)o2)c1. The van der Waals surface area contributed by atoms with Gasteiger partial charge in [-0.25, -0.2) is 0 Å². The molecule has 0 saturated heterocycles. The Morgan fingerprint density at radius 1 is 1.43 bits per heavy atom. The third-order valence-electron chi connectivity index (χ3n) is 3.41. The van der Waals surface area contributed by atoms with E-state index in [1.165, 1.54) is 24.6 Å². The Balaban J connectivity index is 1.41. The number of carbonyl (C=O) groups excluding carboxylic acids is 1. The van der Waals surface area contributed by atoms with Crippen molar-refractivity contribution in [3.05, 3.63) is 35.7 Å². The van der Waals surface area contributed by atoms with Gasteiger partial charge in [-0.3, -0.25) is 4.79 Å². The fourth-order valence-corrected chi connectivity index (χ4v) is 2.57. The van der Waals surface area contributed by atoms with Crippen LogP contribution < -0.4 is 10.1 Å². The average molecular weight is 333 g/mol. The molecule has 0 unspecified atom stereocenters. The summed E-state index contributed by atoms with van der Waals surface area (Å²) in [5.41, 5.74) is 1.13. The Labute approximate surface area is 139 Å². The van der Waals surface area contributed by atoms with Gasteiger partial charge in [-0.1, -0.05) is 23.9 Å². The number of aryl methyl sites for hydroxylation is 1. The van der Waals surface area contributed by atoms with Crippen LogP contribution in [-0.2, 0) is 11.4 Å². The molecular weight excluding hydrogens is 314 g/mol. The third-order valence-corrected chi connectivity index (χ3v) is 4.23. The van der Waals surface area contributed by atoms with E-state index in [2.05, 4.69) is 15.5 Å². The van der Waals surface area contributed by atoms with Gasteiger partial charge >= 0.3 is 0 Å². The van der Waals surface area contributed by atoms with E-state index in [0.29, 0.717) is 17.0 Å². The molecule has 1 saturated carbocycles. The minimum absolute atomic E-state index is 0.00217. The average Bonchev–Trinajstić information content (AvgIpc) is 3.26. The van der Waals surface area contributed by atoms with Crippen LogP contribution in [0.4, 0.5) is 0 Å². The number of carbonyl (C=O) groups is 1. The molecule has 0 atom stereocenters. The van der Waals surface area contributed by atoms with E-state index < -0.39 is 0 Å². The van der Waals surface area contributed by atoms with Gasteiger partial charge < -0.3 is 14.5 Å². The molecule has 122 valence electrons. The Kier molecular flexibility index (Phi) is 5.17. The molecule has 0 bridgehead atoms. The maximum atomic E-state index is 11.7. The summed E-state index contributed by atoms with van der Waals surface area (Å²) in [5.74, 6) is 2.12. The second-order valence-electron chi connectivity index (χ2n) is 5.60. The Morgan fingerprint density at radius 2 is 2.30 bits per heavy atom. The zero-order valence-electron chi connectivity index (χ0n) is 12.9. The van der Waals surface area contributed by atoms with Crippen LogP contribution in [0.3, 0.4) is 0 Å². The van der Waals surface area contributed by atoms with E-state index in [1.807, 2.05) is 31.2 Å². The lowest BCUT2D eigenvalue weighted by Crippen LogP contribution is -2.27. The van der Waals surface area contributed by atoms with Crippen LogP contribution in [0.25, 0.3) is 0 Å². The zero-order chi connectivity index (χ0) is 16.1. The maximum absolute atomic E-state index is 11.7. The molecule has 1 fully saturated rings. The van der Waals surface area contributed by atoms with Crippen LogP contribution in [0.1, 0.15) is 24.3 Å². The quantitative estimate of drug-likeness (QED) is 0.748. The van der Waals surface area contributed by atoms with Gasteiger partial charge in [0.05, 0.1) is 5.75 Å². The van der Waals surface area contributed by atoms with Crippen molar-refractivity contribution in [3.63, 3.8) is 0 Å². The van der Waals surface area contributed by atoms with Crippen LogP contribution in [0.5, 0.6) is 5.75 Å². The van der Waals surface area contributed by atoms with Crippen LogP contribution >= 0.6 is 11.8 Å². The van der Waals surface area contributed by atoms with Crippen LogP contribution in [0.2, 0.25) is 0 Å². The molecular formula is C16H19N3O3S. The summed E-state index contributed by atoms with van der Waals surface area (Å²) >= 11 is 1.24. The Hall–Kier alpha value is -2.02. The molecule has 0 spiro atoms. The fraction of sp³-hybridized carbons (Fsp3) is 0.438. The fourth-order valence-electron chi connectivity index (χ4n) is 1.96. The number of benzene rings is 1. The number of rotatable bonds is 8. The second kappa shape index (κ2) is 7.50. The van der Waals surface area contributed by atoms with E-state index in [0.717, 1.165) is 17.9 Å². The molecule has 7 heteroatoms. The lowest BCUT2D eigenvalue weighted by molar-refractivity contribution is -0.118. The topological polar surface area (TPSA) is 77.2 Å². The van der Waals surface area contributed by atoms with Crippen molar-refractivity contribution >= 4 is 17.7 Å². The van der Waals surface area contributed by atoms with Crippen LogP contribution in [0.15, 0.2) is 33.9 Å². The highest BCUT2D eigenvalue weighted by molar-refractivity contribution is 7.99. The predicted octanol–water partition coefficient (Wildman–Crippen LogP) is 2.58. The highest BCUT2D eigenvalue weighted by atomic mass is 32.2. The number of hydrogen-bond donors (Lipinski definition) is 1. The number of thioether (sulfide) groups is 1. The predicted molar refractivity (Wildman–Crippen MR) is 86.3 cm³/mol. The number of amides is 1. The molecule has 2 aromatic rings. The van der Waals surface area contributed by atoms with Gasteiger partial charge in [0.2, 0.25) is 5.91 Å². The molecule has 1 aromatic carbocycles. The van der Waals surface area contributed by atoms with Gasteiger partial charge in [0.1, 0.15) is 5.75 Å². The van der Waals surface area contributed by atoms with Crippen molar-refractivity contribution in [3.8, 4) is 5.75 Å². The Morgan fingerprint density at radius 3 is 3.09 bits per heavy atom. The molecule has 0 radical (unpaired) electrons. The number of ether oxygens (including phenoxy) is 1. The van der Waals surface area contributed by atoms with Gasteiger partial charge in [-0.15, -0.1) is 10.2 Å². The van der Waals surface area contributed by atoms with Crippen molar-refractivity contribution < 1.29 is 13.9 Å². The normalized spacial score (nSPS) is 13.8. The highest BCUT2D eigenvalue weighted by Gasteiger charge is 2.21. The molecule has 1 N–H and O–H groups in total. The number of hydrogen-bond acceptors (Lipinski definition) is 6. The van der Waals surface area contributed by atoms with Gasteiger partial charge in [0.25, 0.3) is 11.1 Å². The lowest BCUT2D eigenvalue weighted by Gasteiger charge is -2.03. The van der Waals surface area contributed by atoms with Gasteiger partial charge in [0, 0.05) is 6.54 Å². The summed E-state index contributed by atoms with van der Waals surface area (Å²) in [4.78, 5) is 11.7. The molecule has 23 heavy (non-hydrogen) atoms. The first-order chi connectivity index (χ1) is 11.2. The lowest BCUT2D eigenvalue weighted by atomic mass is 10.2. The number of nitrogens with zero attached hydrogens (tertiary/aromatic N) is 2. The number of aromatic nitrogens is 2. The van der Waals surface area contributed by atoms with E-state index >= 15 is 0 Å². The van der Waals surface area contributed by atoms with Crippen LogP contribution in [-0.4, -0.2) is 28.4 Å². The highest BCUT2D eigenvalue weighted by Crippen LogP contribution is 2.27. The number of nitrogens with one attached hydrogen (secondary N) is 1. The van der Waals surface area contributed by atoms with E-state index in [-0.39, 0.29) is 18.3 Å². The smallest absolute Gasteiger partial charge is 0.277 e. The maximum Gasteiger partial charge on any atom is 0.277 e. The summed E-state index contributed by atoms with van der Waals surface area (Å²) in [5, 5.41) is 11.1. The van der Waals surface area contributed by atoms with Crippen molar-refractivity contribution in [1.82, 2.24) is 15.5 Å². The zero-order valence-corrected chi connectivity index (χ0v) is 13.8. The summed E-state index contributed by atoms with van der Waals surface area (Å²) in [6, 6.07) is 7.75. The first kappa shape index (κ1) is 15.9. The summed E-state index contributed by atoms with van der Waals surface area (Å²) in [6.07, 6.45) is 2.45. The third kappa shape index (κ3) is 5.28. The van der Waals surface area contributed by atoms with Crippen molar-refractivity contribution in [1.29, 1.82) is 0 Å². The summed E-state index contributed by atoms with van der Waals surface area (Å²) < 4.78 is 11.1. The second-order valence-corrected chi connectivity index (χ2v) is 6.53. The van der Waals surface area contributed by atoms with Gasteiger partial charge in [-0.05, 0) is 43.4 Å². The molecule has 3 rings (SSSR count). The summed E-state index contributed by atoms with van der Waals surface area (Å²) in [7, 11) is 0. The van der Waals surface area contributed by atoms with Crippen LogP contribution in [0, 0.1) is 12.8 Å². The van der Waals surface area contributed by atoms with Gasteiger partial charge in [0.15, 0.2) is 6.61 Å². The van der Waals surface area contributed by atoms with Crippen molar-refractivity contribution in [2.45, 2.75) is 31.6 Å². The van der Waals surface area contributed by atoms with E-state index in [1.54, 1.807) is 0 Å². The molecule has 1 aromatic heterocycles.